The van der Waals surface area contributed by atoms with E-state index in [9.17, 15) is 4.79 Å². The molecule has 0 radical (unpaired) electrons. The molecule has 0 unspecified atom stereocenters. The maximum absolute atomic E-state index is 9.98. The number of benzene rings is 1. The minimum atomic E-state index is 0. The van der Waals surface area contributed by atoms with Gasteiger partial charge >= 0.3 is 18.9 Å². The van der Waals surface area contributed by atoms with Crippen LogP contribution in [0.15, 0.2) is 24.3 Å². The van der Waals surface area contributed by atoms with E-state index in [0.29, 0.717) is 5.56 Å². The standard InChI is InChI=1S/C7H5O.Li/c8-6-7-4-2-1-3-5-7;/h1-4,6H;/q-1;+1. The molecule has 1 aromatic rings. The molecule has 1 nitrogen and oxygen atoms in total. The molecule has 0 aromatic heterocycles. The number of carbonyl (C=O) groups excluding carboxylic acids is 1. The molecule has 0 spiro atoms. The van der Waals surface area contributed by atoms with Crippen molar-refractivity contribution in [3.8, 4) is 0 Å². The van der Waals surface area contributed by atoms with Gasteiger partial charge in [0, 0.05) is 0 Å². The van der Waals surface area contributed by atoms with Gasteiger partial charge in [-0.1, -0.05) is 0 Å². The fraction of sp³-hybridized carbons (Fsp3) is 0. The minimum absolute atomic E-state index is 0. The fourth-order valence-corrected chi connectivity index (χ4v) is 0.481. The normalized spacial score (nSPS) is 7.56. The summed E-state index contributed by atoms with van der Waals surface area (Å²) in [5.74, 6) is 0. The van der Waals surface area contributed by atoms with Crippen molar-refractivity contribution < 1.29 is 23.7 Å². The Balaban J connectivity index is 0.000000640. The minimum Gasteiger partial charge on any atom is -0.355 e. The summed E-state index contributed by atoms with van der Waals surface area (Å²) >= 11 is 0. The van der Waals surface area contributed by atoms with E-state index in [1.807, 2.05) is 6.07 Å². The van der Waals surface area contributed by atoms with E-state index in [0.717, 1.165) is 6.29 Å². The second-order valence-corrected chi connectivity index (χ2v) is 1.44. The fourth-order valence-electron chi connectivity index (χ4n) is 0.481. The van der Waals surface area contributed by atoms with Crippen molar-refractivity contribution in [2.75, 3.05) is 0 Å². The van der Waals surface area contributed by atoms with E-state index in [4.69, 9.17) is 0 Å². The van der Waals surface area contributed by atoms with E-state index in [1.165, 1.54) is 0 Å². The van der Waals surface area contributed by atoms with Crippen LogP contribution in [0.25, 0.3) is 0 Å². The number of rotatable bonds is 1. The molecular formula is C7H5LiO. The van der Waals surface area contributed by atoms with Crippen LogP contribution < -0.4 is 18.9 Å². The van der Waals surface area contributed by atoms with E-state index >= 15 is 0 Å². The van der Waals surface area contributed by atoms with Crippen LogP contribution in [-0.2, 0) is 0 Å². The molecule has 0 heterocycles. The van der Waals surface area contributed by atoms with E-state index < -0.39 is 0 Å². The molecule has 0 saturated carbocycles. The van der Waals surface area contributed by atoms with Gasteiger partial charge in [0.1, 0.15) is 0 Å². The summed E-state index contributed by atoms with van der Waals surface area (Å²) in [7, 11) is 0. The first-order chi connectivity index (χ1) is 3.93. The van der Waals surface area contributed by atoms with Crippen LogP contribution in [0.2, 0.25) is 0 Å². The van der Waals surface area contributed by atoms with E-state index in [-0.39, 0.29) is 18.9 Å². The van der Waals surface area contributed by atoms with Crippen molar-refractivity contribution in [1.82, 2.24) is 0 Å². The van der Waals surface area contributed by atoms with Crippen molar-refractivity contribution in [3.63, 3.8) is 0 Å². The molecule has 0 saturated heterocycles. The monoisotopic (exact) mass is 112 g/mol. The third-order valence-electron chi connectivity index (χ3n) is 0.860. The molecular weight excluding hydrogens is 107 g/mol. The van der Waals surface area contributed by atoms with Gasteiger partial charge in [-0.2, -0.15) is 0 Å². The van der Waals surface area contributed by atoms with Gasteiger partial charge in [-0.05, 0) is 0 Å². The number of aldehydes is 1. The Morgan fingerprint density at radius 2 is 2.22 bits per heavy atom. The summed E-state index contributed by atoms with van der Waals surface area (Å²) in [5.41, 5.74) is 0.604. The molecule has 0 atom stereocenters. The maximum atomic E-state index is 9.98. The van der Waals surface area contributed by atoms with E-state index in [1.54, 1.807) is 18.2 Å². The first-order valence-corrected chi connectivity index (χ1v) is 2.35. The first-order valence-electron chi connectivity index (χ1n) is 2.35. The molecule has 0 aliphatic heterocycles. The van der Waals surface area contributed by atoms with Crippen molar-refractivity contribution in [2.24, 2.45) is 0 Å². The Kier molecular flexibility index (Phi) is 4.13. The Labute approximate surface area is 66.3 Å². The molecule has 0 aliphatic carbocycles. The topological polar surface area (TPSA) is 17.1 Å². The van der Waals surface area contributed by atoms with Crippen LogP contribution >= 0.6 is 0 Å². The maximum Gasteiger partial charge on any atom is 1.00 e. The summed E-state index contributed by atoms with van der Waals surface area (Å²) in [6, 6.07) is 9.81. The van der Waals surface area contributed by atoms with E-state index in [2.05, 4.69) is 6.07 Å². The molecule has 2 heteroatoms. The Bertz CT molecular complexity index is 172. The Hall–Kier alpha value is -0.513. The van der Waals surface area contributed by atoms with Crippen molar-refractivity contribution in [1.29, 1.82) is 0 Å². The predicted octanol–water partition coefficient (Wildman–Crippen LogP) is -1.70. The van der Waals surface area contributed by atoms with Crippen LogP contribution in [0.1, 0.15) is 10.4 Å². The third kappa shape index (κ3) is 2.50. The van der Waals surface area contributed by atoms with Gasteiger partial charge in [0.05, 0.1) is 6.29 Å². The van der Waals surface area contributed by atoms with Crippen LogP contribution in [0.4, 0.5) is 0 Å². The smallest absolute Gasteiger partial charge is 0.355 e. The van der Waals surface area contributed by atoms with Crippen molar-refractivity contribution in [2.45, 2.75) is 0 Å². The molecule has 0 aliphatic rings. The summed E-state index contributed by atoms with van der Waals surface area (Å²) in [6.45, 7) is 0. The Morgan fingerprint density at radius 1 is 1.44 bits per heavy atom. The zero-order chi connectivity index (χ0) is 5.82. The molecule has 0 N–H and O–H groups in total. The molecule has 0 amide bonds. The van der Waals surface area contributed by atoms with Crippen molar-refractivity contribution >= 4 is 6.29 Å². The number of hydrogen-bond acceptors (Lipinski definition) is 1. The summed E-state index contributed by atoms with van der Waals surface area (Å²) in [4.78, 5) is 9.98. The predicted molar refractivity (Wildman–Crippen MR) is 30.7 cm³/mol. The summed E-state index contributed by atoms with van der Waals surface area (Å²) in [6.07, 6.45) is 0.778. The van der Waals surface area contributed by atoms with Gasteiger partial charge in [0.25, 0.3) is 0 Å². The quantitative estimate of drug-likeness (QED) is 0.240. The van der Waals surface area contributed by atoms with Crippen molar-refractivity contribution in [3.05, 3.63) is 35.9 Å². The number of hydrogen-bond donors (Lipinski definition) is 0. The van der Waals surface area contributed by atoms with Gasteiger partial charge in [-0.3, -0.25) is 0 Å². The first kappa shape index (κ1) is 8.49. The second-order valence-electron chi connectivity index (χ2n) is 1.44. The largest absolute Gasteiger partial charge is 1.00 e. The van der Waals surface area contributed by atoms with Crippen LogP contribution in [0.5, 0.6) is 0 Å². The molecule has 0 fully saturated rings. The molecule has 40 valence electrons. The second kappa shape index (κ2) is 4.37. The Morgan fingerprint density at radius 3 is 2.56 bits per heavy atom. The number of carbonyl (C=O) groups is 1. The molecule has 1 rings (SSSR count). The van der Waals surface area contributed by atoms with Crippen LogP contribution in [0.3, 0.4) is 0 Å². The summed E-state index contributed by atoms with van der Waals surface area (Å²) in [5, 5.41) is 0. The average molecular weight is 112 g/mol. The van der Waals surface area contributed by atoms with Crippen LogP contribution in [-0.4, -0.2) is 6.29 Å². The SMILES string of the molecule is O=Cc1[c-]cccc1.[Li+]. The van der Waals surface area contributed by atoms with Gasteiger partial charge in [-0.25, -0.2) is 0 Å². The molecule has 0 bridgehead atoms. The van der Waals surface area contributed by atoms with Crippen LogP contribution in [0, 0.1) is 6.07 Å². The van der Waals surface area contributed by atoms with Gasteiger partial charge < -0.3 is 4.79 Å². The summed E-state index contributed by atoms with van der Waals surface area (Å²) < 4.78 is 0. The van der Waals surface area contributed by atoms with Gasteiger partial charge in [-0.15, -0.1) is 35.9 Å². The molecule has 9 heavy (non-hydrogen) atoms. The van der Waals surface area contributed by atoms with Gasteiger partial charge in [0.2, 0.25) is 0 Å². The zero-order valence-electron chi connectivity index (χ0n) is 5.29. The zero-order valence-corrected chi connectivity index (χ0v) is 5.29. The molecule has 1 aromatic carbocycles. The average Bonchev–Trinajstić information content (AvgIpc) is 1.90. The van der Waals surface area contributed by atoms with Gasteiger partial charge in [0.15, 0.2) is 0 Å². The third-order valence-corrected chi connectivity index (χ3v) is 0.860.